The van der Waals surface area contributed by atoms with Crippen LogP contribution in [0.5, 0.6) is 0 Å². The van der Waals surface area contributed by atoms with Crippen LogP contribution in [0.3, 0.4) is 0 Å². The largest absolute Gasteiger partial charge is 0.358 e. The molecule has 0 aromatic heterocycles. The van der Waals surface area contributed by atoms with Crippen molar-refractivity contribution in [1.29, 1.82) is 0 Å². The van der Waals surface area contributed by atoms with Crippen molar-refractivity contribution in [3.8, 4) is 0 Å². The summed E-state index contributed by atoms with van der Waals surface area (Å²) in [5, 5.41) is 0. The van der Waals surface area contributed by atoms with Gasteiger partial charge in [0.05, 0.1) is 0 Å². The van der Waals surface area contributed by atoms with Gasteiger partial charge in [0.25, 0.3) is 0 Å². The third-order valence-electron chi connectivity index (χ3n) is 0. The predicted octanol–water partition coefficient (Wildman–Crippen LogP) is 1.42. The molecular weight excluding hydrogens is 154 g/mol. The number of rotatable bonds is 0. The normalized spacial score (nSPS) is 0. The maximum Gasteiger partial charge on any atom is 0 e. The van der Waals surface area contributed by atoms with Crippen molar-refractivity contribution in [2.24, 2.45) is 0 Å². The first-order valence-electron chi connectivity index (χ1n) is 0. The van der Waals surface area contributed by atoms with Crippen LogP contribution in [0, 0.1) is 29.7 Å². The van der Waals surface area contributed by atoms with Gasteiger partial charge in [-0.15, -0.1) is 0 Å². The van der Waals surface area contributed by atoms with Crippen molar-refractivity contribution in [1.82, 2.24) is 0 Å². The molecule has 0 aromatic carbocycles. The van der Waals surface area contributed by atoms with Gasteiger partial charge < -0.3 is 29.7 Å². The minimum absolute atomic E-state index is 0. The van der Waals surface area contributed by atoms with Gasteiger partial charge in [0, 0.05) is 57.2 Å². The van der Waals surface area contributed by atoms with Gasteiger partial charge >= 0.3 is 0 Å². The Morgan fingerprint density at radius 1 is 0.500 bits per heavy atom. The zero-order valence-electron chi connectivity index (χ0n) is 5.41. The molecule has 36 valence electrons. The Morgan fingerprint density at radius 2 is 0.500 bits per heavy atom. The summed E-state index contributed by atoms with van der Waals surface area (Å²) in [7, 11) is 0. The van der Waals surface area contributed by atoms with Gasteiger partial charge in [0.15, 0.2) is 0 Å². The van der Waals surface area contributed by atoms with Gasteiger partial charge in [-0.25, -0.2) is 0 Å². The molecule has 0 N–H and O–H groups in total. The van der Waals surface area contributed by atoms with Crippen molar-refractivity contribution in [2.75, 3.05) is 0 Å². The fraction of sp³-hybridized carbons (Fsp3) is 0. The van der Waals surface area contributed by atoms with E-state index in [0.29, 0.717) is 0 Å². The minimum Gasteiger partial charge on any atom is -0.358 e. The molecule has 0 fully saturated rings. The van der Waals surface area contributed by atoms with Crippen molar-refractivity contribution in [3.05, 3.63) is 29.7 Å². The standard InChI is InChI=1S/4CH3.Ca.Zn/h4*1H3;;/q4*-1;;. The quantitative estimate of drug-likeness (QED) is 0.376. The molecule has 2 radical (unpaired) electrons. The van der Waals surface area contributed by atoms with E-state index in [1.807, 2.05) is 0 Å². The van der Waals surface area contributed by atoms with Gasteiger partial charge in [-0.1, -0.05) is 0 Å². The monoisotopic (exact) mass is 164 g/mol. The Balaban J connectivity index is 0. The molecule has 0 aromatic rings. The van der Waals surface area contributed by atoms with E-state index in [9.17, 15) is 0 Å². The van der Waals surface area contributed by atoms with E-state index in [1.54, 1.807) is 0 Å². The molecule has 0 aliphatic rings. The Bertz CT molecular complexity index is 7.51. The van der Waals surface area contributed by atoms with E-state index in [1.165, 1.54) is 0 Å². The summed E-state index contributed by atoms with van der Waals surface area (Å²) in [6, 6.07) is 0. The van der Waals surface area contributed by atoms with E-state index in [2.05, 4.69) is 0 Å². The maximum atomic E-state index is 0. The predicted molar refractivity (Wildman–Crippen MR) is 31.4 cm³/mol. The molecular formula is C4H12CaZn-4. The van der Waals surface area contributed by atoms with Gasteiger partial charge in [-0.2, -0.15) is 0 Å². The van der Waals surface area contributed by atoms with Crippen LogP contribution >= 0.6 is 0 Å². The van der Waals surface area contributed by atoms with E-state index >= 15 is 0 Å². The van der Waals surface area contributed by atoms with Crippen molar-refractivity contribution in [2.45, 2.75) is 0 Å². The average Bonchev–Trinajstić information content (AvgIpc) is 0. The van der Waals surface area contributed by atoms with Crippen LogP contribution in [0.2, 0.25) is 0 Å². The molecule has 0 bridgehead atoms. The van der Waals surface area contributed by atoms with Crippen LogP contribution in [-0.4, -0.2) is 37.7 Å². The van der Waals surface area contributed by atoms with Crippen LogP contribution < -0.4 is 0 Å². The van der Waals surface area contributed by atoms with Crippen LogP contribution in [0.4, 0.5) is 0 Å². The zero-order valence-corrected chi connectivity index (χ0v) is 10.6. The van der Waals surface area contributed by atoms with E-state index in [-0.39, 0.29) is 86.9 Å². The summed E-state index contributed by atoms with van der Waals surface area (Å²) in [5.41, 5.74) is 0. The second-order valence-electron chi connectivity index (χ2n) is 0. The molecule has 0 saturated heterocycles. The third-order valence-corrected chi connectivity index (χ3v) is 0. The maximum absolute atomic E-state index is 0. The SMILES string of the molecule is [CH3-].[CH3-].[CH3-].[CH3-].[Ca].[Zn]. The van der Waals surface area contributed by atoms with Gasteiger partial charge in [0.2, 0.25) is 0 Å². The first-order valence-corrected chi connectivity index (χ1v) is 0. The second kappa shape index (κ2) is 67.2. The fourth-order valence-electron chi connectivity index (χ4n) is 0. The molecule has 2 heteroatoms. The van der Waals surface area contributed by atoms with Crippen molar-refractivity contribution >= 4 is 37.7 Å². The molecule has 0 rings (SSSR count). The molecule has 0 amide bonds. The Labute approximate surface area is 85.9 Å². The van der Waals surface area contributed by atoms with Crippen LogP contribution in [-0.2, 0) is 19.5 Å². The van der Waals surface area contributed by atoms with E-state index in [0.717, 1.165) is 0 Å². The van der Waals surface area contributed by atoms with Crippen molar-refractivity contribution in [3.63, 3.8) is 0 Å². The molecule has 0 atom stereocenters. The summed E-state index contributed by atoms with van der Waals surface area (Å²) in [5.74, 6) is 0. The molecule has 0 heterocycles. The molecule has 6 heavy (non-hydrogen) atoms. The van der Waals surface area contributed by atoms with Crippen LogP contribution in [0.1, 0.15) is 0 Å². The summed E-state index contributed by atoms with van der Waals surface area (Å²) in [4.78, 5) is 0. The summed E-state index contributed by atoms with van der Waals surface area (Å²) >= 11 is 0. The average molecular weight is 166 g/mol. The molecule has 0 nitrogen and oxygen atoms in total. The first-order chi connectivity index (χ1) is 0. The number of hydrogen-bond acceptors (Lipinski definition) is 0. The molecule has 0 spiro atoms. The fourth-order valence-corrected chi connectivity index (χ4v) is 0. The second-order valence-corrected chi connectivity index (χ2v) is 0. The molecule has 0 aliphatic carbocycles. The topological polar surface area (TPSA) is 0 Å². The number of hydrogen-bond donors (Lipinski definition) is 0. The summed E-state index contributed by atoms with van der Waals surface area (Å²) in [6.45, 7) is 0. The summed E-state index contributed by atoms with van der Waals surface area (Å²) in [6.07, 6.45) is 0. The zero-order chi connectivity index (χ0) is 0. The minimum atomic E-state index is 0. The smallest absolute Gasteiger partial charge is 0 e. The third kappa shape index (κ3) is 39.6. The molecule has 0 aliphatic heterocycles. The van der Waals surface area contributed by atoms with Crippen LogP contribution in [0.15, 0.2) is 0 Å². The van der Waals surface area contributed by atoms with Gasteiger partial charge in [-0.3, -0.25) is 0 Å². The van der Waals surface area contributed by atoms with Gasteiger partial charge in [-0.05, 0) is 0 Å². The first kappa shape index (κ1) is 105. The van der Waals surface area contributed by atoms with Gasteiger partial charge in [0.1, 0.15) is 0 Å². The van der Waals surface area contributed by atoms with Crippen molar-refractivity contribution < 1.29 is 19.5 Å². The Kier molecular flexibility index (Phi) is 1180. The Morgan fingerprint density at radius 3 is 0.500 bits per heavy atom. The molecule has 0 unspecified atom stereocenters. The van der Waals surface area contributed by atoms with E-state index < -0.39 is 0 Å². The van der Waals surface area contributed by atoms with Crippen LogP contribution in [0.25, 0.3) is 0 Å². The van der Waals surface area contributed by atoms with E-state index in [4.69, 9.17) is 0 Å². The Hall–Kier alpha value is 1.88. The summed E-state index contributed by atoms with van der Waals surface area (Å²) < 4.78 is 0. The molecule has 0 saturated carbocycles.